The summed E-state index contributed by atoms with van der Waals surface area (Å²) < 4.78 is 15.4. The molecule has 0 N–H and O–H groups in total. The maximum atomic E-state index is 14.1. The smallest absolute Gasteiger partial charge is 0.269 e. The molecule has 0 atom stereocenters. The van der Waals surface area contributed by atoms with E-state index in [1.165, 1.54) is 46.5 Å². The van der Waals surface area contributed by atoms with Crippen LogP contribution in [0.3, 0.4) is 0 Å². The third kappa shape index (κ3) is 3.17. The summed E-state index contributed by atoms with van der Waals surface area (Å²) in [6.45, 7) is -0.0527. The minimum Gasteiger partial charge on any atom is -0.294 e. The number of aromatic nitrogens is 2. The molecule has 6 nitrogen and oxygen atoms in total. The van der Waals surface area contributed by atoms with Gasteiger partial charge in [-0.3, -0.25) is 19.5 Å². The molecule has 0 aliphatic carbocycles. The Morgan fingerprint density at radius 3 is 2.64 bits per heavy atom. The SMILES string of the molecule is O=c1c2c(-c3ccc([N+](=O)[O-])cc3)csc2ncn1Cc1c(F)cccc1Cl. The largest absolute Gasteiger partial charge is 0.294 e. The van der Waals surface area contributed by atoms with Crippen molar-refractivity contribution in [2.24, 2.45) is 0 Å². The molecule has 4 rings (SSSR count). The van der Waals surface area contributed by atoms with Crippen molar-refractivity contribution in [1.29, 1.82) is 0 Å². The lowest BCUT2D eigenvalue weighted by Gasteiger charge is -2.09. The van der Waals surface area contributed by atoms with Crippen LogP contribution in [0, 0.1) is 15.9 Å². The number of thiophene rings is 1. The normalized spacial score (nSPS) is 11.1. The highest BCUT2D eigenvalue weighted by molar-refractivity contribution is 7.17. The summed E-state index contributed by atoms with van der Waals surface area (Å²) in [5.41, 5.74) is 1.13. The molecule has 0 saturated heterocycles. The molecule has 0 amide bonds. The van der Waals surface area contributed by atoms with Crippen molar-refractivity contribution in [2.75, 3.05) is 0 Å². The fourth-order valence-electron chi connectivity index (χ4n) is 2.91. The molecular formula is C19H11ClFN3O3S. The van der Waals surface area contributed by atoms with Crippen LogP contribution in [0.4, 0.5) is 10.1 Å². The number of rotatable bonds is 4. The van der Waals surface area contributed by atoms with Crippen LogP contribution in [0.15, 0.2) is 59.0 Å². The highest BCUT2D eigenvalue weighted by Crippen LogP contribution is 2.31. The van der Waals surface area contributed by atoms with Crippen LogP contribution >= 0.6 is 22.9 Å². The van der Waals surface area contributed by atoms with Gasteiger partial charge < -0.3 is 0 Å². The molecule has 9 heteroatoms. The molecule has 0 radical (unpaired) electrons. The Kier molecular flexibility index (Phi) is 4.66. The topological polar surface area (TPSA) is 78.0 Å². The zero-order valence-corrected chi connectivity index (χ0v) is 15.7. The molecule has 0 bridgehead atoms. The van der Waals surface area contributed by atoms with Gasteiger partial charge in [-0.15, -0.1) is 11.3 Å². The van der Waals surface area contributed by atoms with Crippen molar-refractivity contribution in [3.63, 3.8) is 0 Å². The summed E-state index contributed by atoms with van der Waals surface area (Å²) in [6.07, 6.45) is 1.36. The average Bonchev–Trinajstić information content (AvgIpc) is 3.11. The quantitative estimate of drug-likeness (QED) is 0.351. The van der Waals surface area contributed by atoms with E-state index in [4.69, 9.17) is 11.6 Å². The van der Waals surface area contributed by atoms with Crippen molar-refractivity contribution in [3.05, 3.63) is 91.0 Å². The van der Waals surface area contributed by atoms with Gasteiger partial charge in [0.15, 0.2) is 0 Å². The fourth-order valence-corrected chi connectivity index (χ4v) is 4.04. The van der Waals surface area contributed by atoms with Crippen LogP contribution in [0.1, 0.15) is 5.56 Å². The third-order valence-electron chi connectivity index (χ3n) is 4.34. The van der Waals surface area contributed by atoms with Gasteiger partial charge in [0.25, 0.3) is 11.2 Å². The Hall–Kier alpha value is -3.10. The summed E-state index contributed by atoms with van der Waals surface area (Å²) in [5.74, 6) is -0.500. The number of nitrogens with zero attached hydrogens (tertiary/aromatic N) is 3. The van der Waals surface area contributed by atoms with Crippen molar-refractivity contribution in [2.45, 2.75) is 6.54 Å². The lowest BCUT2D eigenvalue weighted by atomic mass is 10.1. The summed E-state index contributed by atoms with van der Waals surface area (Å²) in [7, 11) is 0. The molecular weight excluding hydrogens is 405 g/mol. The van der Waals surface area contributed by atoms with Crippen molar-refractivity contribution < 1.29 is 9.31 Å². The van der Waals surface area contributed by atoms with E-state index >= 15 is 0 Å². The van der Waals surface area contributed by atoms with Crippen LogP contribution in [0.25, 0.3) is 21.3 Å². The molecule has 2 aromatic carbocycles. The molecule has 0 spiro atoms. The van der Waals surface area contributed by atoms with E-state index in [0.717, 1.165) is 0 Å². The zero-order chi connectivity index (χ0) is 19.8. The summed E-state index contributed by atoms with van der Waals surface area (Å²) in [5, 5.41) is 13.2. The molecule has 2 aromatic heterocycles. The van der Waals surface area contributed by atoms with Gasteiger partial charge in [0.1, 0.15) is 10.6 Å². The molecule has 0 unspecified atom stereocenters. The van der Waals surface area contributed by atoms with Gasteiger partial charge in [0, 0.05) is 33.7 Å². The predicted molar refractivity (Wildman–Crippen MR) is 106 cm³/mol. The van der Waals surface area contributed by atoms with Gasteiger partial charge >= 0.3 is 0 Å². The van der Waals surface area contributed by atoms with E-state index in [0.29, 0.717) is 21.3 Å². The van der Waals surface area contributed by atoms with Gasteiger partial charge in [-0.2, -0.15) is 0 Å². The fraction of sp³-hybridized carbons (Fsp3) is 0.0526. The molecule has 2 heterocycles. The van der Waals surface area contributed by atoms with E-state index < -0.39 is 10.7 Å². The third-order valence-corrected chi connectivity index (χ3v) is 5.58. The lowest BCUT2D eigenvalue weighted by molar-refractivity contribution is -0.384. The Balaban J connectivity index is 1.82. The standard InChI is InChI=1S/C19H11ClFN3O3S/c20-15-2-1-3-16(21)13(15)8-23-10-22-18-17(19(23)25)14(9-28-18)11-4-6-12(7-5-11)24(26)27/h1-7,9-10H,8H2. The number of benzene rings is 2. The second-order valence-corrected chi connectivity index (χ2v) is 7.28. The van der Waals surface area contributed by atoms with Crippen LogP contribution in [-0.2, 0) is 6.54 Å². The van der Waals surface area contributed by atoms with E-state index in [1.54, 1.807) is 23.6 Å². The Morgan fingerprint density at radius 1 is 1.21 bits per heavy atom. The van der Waals surface area contributed by atoms with Crippen LogP contribution in [-0.4, -0.2) is 14.5 Å². The summed E-state index contributed by atoms with van der Waals surface area (Å²) >= 11 is 7.36. The Bertz CT molecular complexity index is 1250. The first kappa shape index (κ1) is 18.3. The van der Waals surface area contributed by atoms with Crippen LogP contribution in [0.2, 0.25) is 5.02 Å². The molecule has 0 aliphatic heterocycles. The Morgan fingerprint density at radius 2 is 1.96 bits per heavy atom. The number of hydrogen-bond donors (Lipinski definition) is 0. The minimum atomic E-state index is -0.500. The van der Waals surface area contributed by atoms with E-state index in [1.807, 2.05) is 0 Å². The van der Waals surface area contributed by atoms with Crippen LogP contribution < -0.4 is 5.56 Å². The van der Waals surface area contributed by atoms with Gasteiger partial charge in [-0.05, 0) is 29.8 Å². The van der Waals surface area contributed by atoms with Crippen molar-refractivity contribution in [1.82, 2.24) is 9.55 Å². The monoisotopic (exact) mass is 415 g/mol. The second-order valence-electron chi connectivity index (χ2n) is 6.01. The zero-order valence-electron chi connectivity index (χ0n) is 14.1. The van der Waals surface area contributed by atoms with Crippen molar-refractivity contribution >= 4 is 38.8 Å². The first-order valence-corrected chi connectivity index (χ1v) is 9.36. The van der Waals surface area contributed by atoms with Gasteiger partial charge in [0.2, 0.25) is 0 Å². The number of halogens is 2. The predicted octanol–water partition coefficient (Wildman–Crippen LogP) is 4.87. The molecule has 4 aromatic rings. The Labute approximate surface area is 166 Å². The number of nitro groups is 1. The molecule has 0 aliphatic rings. The van der Waals surface area contributed by atoms with Gasteiger partial charge in [0.05, 0.1) is 23.2 Å². The maximum Gasteiger partial charge on any atom is 0.269 e. The maximum absolute atomic E-state index is 14.1. The van der Waals surface area contributed by atoms with E-state index in [-0.39, 0.29) is 28.4 Å². The second kappa shape index (κ2) is 7.14. The summed E-state index contributed by atoms with van der Waals surface area (Å²) in [6, 6.07) is 10.3. The van der Waals surface area contributed by atoms with Crippen molar-refractivity contribution in [3.8, 4) is 11.1 Å². The molecule has 0 fully saturated rings. The number of hydrogen-bond acceptors (Lipinski definition) is 5. The average molecular weight is 416 g/mol. The number of non-ortho nitro benzene ring substituents is 1. The molecule has 28 heavy (non-hydrogen) atoms. The van der Waals surface area contributed by atoms with E-state index in [9.17, 15) is 19.3 Å². The lowest BCUT2D eigenvalue weighted by Crippen LogP contribution is -2.21. The van der Waals surface area contributed by atoms with E-state index in [2.05, 4.69) is 4.98 Å². The van der Waals surface area contributed by atoms with Gasteiger partial charge in [-0.25, -0.2) is 9.37 Å². The molecule has 0 saturated carbocycles. The number of nitro benzene ring substituents is 1. The highest BCUT2D eigenvalue weighted by atomic mass is 35.5. The first-order chi connectivity index (χ1) is 13.5. The first-order valence-electron chi connectivity index (χ1n) is 8.10. The minimum absolute atomic E-state index is 0.0342. The summed E-state index contributed by atoms with van der Waals surface area (Å²) in [4.78, 5) is 28.2. The molecule has 140 valence electrons. The highest BCUT2D eigenvalue weighted by Gasteiger charge is 2.16. The number of fused-ring (bicyclic) bond motifs is 1. The van der Waals surface area contributed by atoms with Crippen LogP contribution in [0.5, 0.6) is 0 Å². The van der Waals surface area contributed by atoms with Gasteiger partial charge in [-0.1, -0.05) is 17.7 Å².